The number of benzene rings is 2. The van der Waals surface area contributed by atoms with Crippen molar-refractivity contribution in [3.05, 3.63) is 58.6 Å². The summed E-state index contributed by atoms with van der Waals surface area (Å²) in [5.41, 5.74) is 1.86. The summed E-state index contributed by atoms with van der Waals surface area (Å²) in [6, 6.07) is 12.8. The summed E-state index contributed by atoms with van der Waals surface area (Å²) in [7, 11) is -3.71. The number of sulfonamides is 1. The van der Waals surface area contributed by atoms with Crippen LogP contribution in [0.5, 0.6) is 0 Å². The summed E-state index contributed by atoms with van der Waals surface area (Å²) in [5, 5.41) is 0.431. The van der Waals surface area contributed by atoms with Crippen LogP contribution < -0.4 is 4.90 Å². The van der Waals surface area contributed by atoms with Crippen molar-refractivity contribution in [3.63, 3.8) is 0 Å². The molecule has 1 spiro atoms. The Hall–Kier alpha value is -1.89. The summed E-state index contributed by atoms with van der Waals surface area (Å²) in [6.45, 7) is 4.98. The number of aryl methyl sites for hydroxylation is 1. The van der Waals surface area contributed by atoms with E-state index in [0.717, 1.165) is 17.7 Å². The summed E-state index contributed by atoms with van der Waals surface area (Å²) >= 11 is 6.16. The number of hydrogen-bond donors (Lipinski definition) is 0. The molecule has 2 heterocycles. The first-order chi connectivity index (χ1) is 13.8. The third-order valence-corrected chi connectivity index (χ3v) is 8.70. The van der Waals surface area contributed by atoms with Gasteiger partial charge in [-0.15, -0.1) is 0 Å². The molecule has 154 valence electrons. The molecule has 7 heteroatoms. The van der Waals surface area contributed by atoms with E-state index in [1.807, 2.05) is 36.1 Å². The molecule has 2 fully saturated rings. The van der Waals surface area contributed by atoms with E-state index in [0.29, 0.717) is 36.5 Å². The van der Waals surface area contributed by atoms with Gasteiger partial charge in [-0.25, -0.2) is 8.42 Å². The maximum atomic E-state index is 13.4. The molecule has 0 saturated carbocycles. The highest BCUT2D eigenvalue weighted by molar-refractivity contribution is 7.89. The maximum Gasteiger partial charge on any atom is 0.243 e. The predicted octanol–water partition coefficient (Wildman–Crippen LogP) is 4.16. The largest absolute Gasteiger partial charge is 0.312 e. The van der Waals surface area contributed by atoms with E-state index in [9.17, 15) is 13.2 Å². The quantitative estimate of drug-likeness (QED) is 0.731. The first kappa shape index (κ1) is 20.4. The molecule has 1 unspecified atom stereocenters. The maximum absolute atomic E-state index is 13.4. The van der Waals surface area contributed by atoms with Gasteiger partial charge in [-0.05, 0) is 62.4 Å². The van der Waals surface area contributed by atoms with Gasteiger partial charge in [0.15, 0.2) is 0 Å². The molecule has 0 aromatic heterocycles. The van der Waals surface area contributed by atoms with Crippen LogP contribution in [0.1, 0.15) is 30.4 Å². The molecule has 1 atom stereocenters. The molecule has 2 aromatic carbocycles. The standard InChI is InChI=1S/C22H25ClN2O3S/c1-16-7-3-4-9-19(16)25-14-12-22(21(25)26)11-6-13-24(15-22)29(27,28)20-10-5-8-18(23)17(20)2/h3-5,7-10H,6,11-15H2,1-2H3. The lowest BCUT2D eigenvalue weighted by molar-refractivity contribution is -0.127. The van der Waals surface area contributed by atoms with Gasteiger partial charge < -0.3 is 4.90 Å². The number of anilines is 1. The molecule has 0 radical (unpaired) electrons. The van der Waals surface area contributed by atoms with E-state index in [2.05, 4.69) is 0 Å². The number of rotatable bonds is 3. The minimum atomic E-state index is -3.71. The van der Waals surface area contributed by atoms with Crippen LogP contribution in [0.4, 0.5) is 5.69 Å². The summed E-state index contributed by atoms with van der Waals surface area (Å²) in [4.78, 5) is 15.5. The van der Waals surface area contributed by atoms with Gasteiger partial charge >= 0.3 is 0 Å². The second-order valence-corrected chi connectivity index (χ2v) is 10.4. The van der Waals surface area contributed by atoms with Crippen LogP contribution in [0.15, 0.2) is 47.4 Å². The van der Waals surface area contributed by atoms with E-state index in [4.69, 9.17) is 11.6 Å². The number of hydrogen-bond acceptors (Lipinski definition) is 3. The van der Waals surface area contributed by atoms with E-state index in [1.54, 1.807) is 25.1 Å². The zero-order valence-electron chi connectivity index (χ0n) is 16.7. The minimum Gasteiger partial charge on any atom is -0.312 e. The van der Waals surface area contributed by atoms with Crippen molar-refractivity contribution < 1.29 is 13.2 Å². The fourth-order valence-corrected chi connectivity index (χ4v) is 6.64. The normalized spacial score (nSPS) is 23.1. The van der Waals surface area contributed by atoms with Crippen molar-refractivity contribution in [1.29, 1.82) is 0 Å². The Morgan fingerprint density at radius 2 is 1.76 bits per heavy atom. The highest BCUT2D eigenvalue weighted by Crippen LogP contribution is 2.43. The van der Waals surface area contributed by atoms with Gasteiger partial charge in [-0.2, -0.15) is 4.31 Å². The summed E-state index contributed by atoms with van der Waals surface area (Å²) < 4.78 is 28.2. The Balaban J connectivity index is 1.64. The van der Waals surface area contributed by atoms with Gasteiger partial charge in [0.1, 0.15) is 0 Å². The van der Waals surface area contributed by atoms with Gasteiger partial charge in [0, 0.05) is 30.3 Å². The fraction of sp³-hybridized carbons (Fsp3) is 0.409. The Morgan fingerprint density at radius 3 is 2.52 bits per heavy atom. The van der Waals surface area contributed by atoms with E-state index < -0.39 is 15.4 Å². The fourth-order valence-electron chi connectivity index (χ4n) is 4.60. The Bertz CT molecular complexity index is 1070. The van der Waals surface area contributed by atoms with Crippen molar-refractivity contribution in [1.82, 2.24) is 4.31 Å². The molecule has 29 heavy (non-hydrogen) atoms. The average Bonchev–Trinajstić information content (AvgIpc) is 3.00. The number of halogens is 1. The minimum absolute atomic E-state index is 0.0366. The summed E-state index contributed by atoms with van der Waals surface area (Å²) in [6.07, 6.45) is 2.06. The van der Waals surface area contributed by atoms with Crippen molar-refractivity contribution >= 4 is 33.2 Å². The highest BCUT2D eigenvalue weighted by atomic mass is 35.5. The highest BCUT2D eigenvalue weighted by Gasteiger charge is 2.51. The number of nitrogens with zero attached hydrogens (tertiary/aromatic N) is 2. The molecule has 0 aliphatic carbocycles. The van der Waals surface area contributed by atoms with Crippen LogP contribution in [-0.4, -0.2) is 38.3 Å². The van der Waals surface area contributed by atoms with E-state index in [1.165, 1.54) is 4.31 Å². The van der Waals surface area contributed by atoms with Crippen molar-refractivity contribution in [3.8, 4) is 0 Å². The van der Waals surface area contributed by atoms with Gasteiger partial charge in [0.2, 0.25) is 15.9 Å². The predicted molar refractivity (Wildman–Crippen MR) is 115 cm³/mol. The first-order valence-corrected chi connectivity index (χ1v) is 11.7. The van der Waals surface area contributed by atoms with Gasteiger partial charge in [0.25, 0.3) is 0 Å². The second-order valence-electron chi connectivity index (χ2n) is 8.08. The van der Waals surface area contributed by atoms with Crippen molar-refractivity contribution in [2.45, 2.75) is 38.0 Å². The SMILES string of the molecule is Cc1ccccc1N1CCC2(CCCN(S(=O)(=O)c3cccc(Cl)c3C)C2)C1=O. The smallest absolute Gasteiger partial charge is 0.243 e. The first-order valence-electron chi connectivity index (χ1n) is 9.89. The number of carbonyl (C=O) groups is 1. The molecule has 0 N–H and O–H groups in total. The zero-order valence-corrected chi connectivity index (χ0v) is 18.3. The Kier molecular flexibility index (Phi) is 5.21. The Morgan fingerprint density at radius 1 is 1.00 bits per heavy atom. The van der Waals surface area contributed by atoms with Crippen LogP contribution in [0.3, 0.4) is 0 Å². The third kappa shape index (κ3) is 3.37. The summed E-state index contributed by atoms with van der Waals surface area (Å²) in [5.74, 6) is 0.0366. The molecule has 4 rings (SSSR count). The molecular weight excluding hydrogens is 408 g/mol. The topological polar surface area (TPSA) is 57.7 Å². The second kappa shape index (κ2) is 7.42. The molecule has 2 aliphatic heterocycles. The van der Waals surface area contributed by atoms with Gasteiger partial charge in [0.05, 0.1) is 10.3 Å². The van der Waals surface area contributed by atoms with Gasteiger partial charge in [-0.3, -0.25) is 4.79 Å². The monoisotopic (exact) mass is 432 g/mol. The average molecular weight is 433 g/mol. The van der Waals surface area contributed by atoms with Crippen LogP contribution in [-0.2, 0) is 14.8 Å². The molecule has 2 saturated heterocycles. The third-order valence-electron chi connectivity index (χ3n) is 6.30. The molecule has 1 amide bonds. The van der Waals surface area contributed by atoms with Gasteiger partial charge in [-0.1, -0.05) is 35.9 Å². The van der Waals surface area contributed by atoms with Crippen molar-refractivity contribution in [2.75, 3.05) is 24.5 Å². The van der Waals surface area contributed by atoms with Crippen LogP contribution in [0, 0.1) is 19.3 Å². The number of carbonyl (C=O) groups excluding carboxylic acids is 1. The lowest BCUT2D eigenvalue weighted by Gasteiger charge is -2.38. The lowest BCUT2D eigenvalue weighted by atomic mass is 9.79. The van der Waals surface area contributed by atoms with Crippen molar-refractivity contribution in [2.24, 2.45) is 5.41 Å². The molecular formula is C22H25ClN2O3S. The number of amides is 1. The van der Waals surface area contributed by atoms with E-state index >= 15 is 0 Å². The molecule has 2 aliphatic rings. The van der Waals surface area contributed by atoms with Crippen LogP contribution in [0.2, 0.25) is 5.02 Å². The zero-order chi connectivity index (χ0) is 20.8. The van der Waals surface area contributed by atoms with Crippen LogP contribution >= 0.6 is 11.6 Å². The van der Waals surface area contributed by atoms with E-state index in [-0.39, 0.29) is 17.3 Å². The van der Waals surface area contributed by atoms with Crippen LogP contribution in [0.25, 0.3) is 0 Å². The Labute approximate surface area is 177 Å². The molecule has 0 bridgehead atoms. The number of para-hydroxylation sites is 1. The molecule has 2 aromatic rings. The lowest BCUT2D eigenvalue weighted by Crippen LogP contribution is -2.50. The molecule has 5 nitrogen and oxygen atoms in total. The number of piperidine rings is 1.